The van der Waals surface area contributed by atoms with E-state index in [1.165, 1.54) is 27.8 Å². The molecule has 21 heavy (non-hydrogen) atoms. The Morgan fingerprint density at radius 3 is 2.71 bits per heavy atom. The lowest BCUT2D eigenvalue weighted by Crippen LogP contribution is -2.23. The topological polar surface area (TPSA) is 73.6 Å². The van der Waals surface area contributed by atoms with E-state index in [-0.39, 0.29) is 5.56 Å². The average molecular weight is 337 g/mol. The molecule has 2 heterocycles. The molecule has 6 nitrogen and oxygen atoms in total. The highest BCUT2D eigenvalue weighted by Crippen LogP contribution is 2.28. The van der Waals surface area contributed by atoms with E-state index in [0.29, 0.717) is 16.8 Å². The Hall–Kier alpha value is -1.45. The van der Waals surface area contributed by atoms with Crippen LogP contribution in [0.4, 0.5) is 0 Å². The van der Waals surface area contributed by atoms with Crippen LogP contribution in [-0.4, -0.2) is 30.9 Å². The summed E-state index contributed by atoms with van der Waals surface area (Å²) in [5, 5.41) is 16.7. The van der Waals surface area contributed by atoms with Gasteiger partial charge in [-0.1, -0.05) is 59.1 Å². The van der Waals surface area contributed by atoms with E-state index < -0.39 is 0 Å². The molecule has 0 aliphatic rings. The van der Waals surface area contributed by atoms with Gasteiger partial charge in [0.25, 0.3) is 5.56 Å². The Morgan fingerprint density at radius 2 is 1.90 bits per heavy atom. The molecule has 0 saturated carbocycles. The zero-order valence-corrected chi connectivity index (χ0v) is 13.5. The van der Waals surface area contributed by atoms with Gasteiger partial charge in [-0.2, -0.15) is 4.68 Å². The van der Waals surface area contributed by atoms with Crippen LogP contribution in [0, 0.1) is 0 Å². The van der Waals surface area contributed by atoms with Gasteiger partial charge in [-0.3, -0.25) is 4.79 Å². The maximum Gasteiger partial charge on any atom is 0.278 e. The standard InChI is InChI=1S/C12H11N5OS3/c1-2-19-11-14-15-12(21-11)20-7-17-10(18)8-5-3-4-6-9(8)13-16-17/h3-6H,2,7H2,1H3. The number of hydrogen-bond acceptors (Lipinski definition) is 8. The van der Waals surface area contributed by atoms with Crippen molar-refractivity contribution in [3.8, 4) is 0 Å². The first kappa shape index (κ1) is 14.5. The number of aromatic nitrogens is 5. The van der Waals surface area contributed by atoms with Gasteiger partial charge in [0.1, 0.15) is 5.52 Å². The normalized spacial score (nSPS) is 11.1. The van der Waals surface area contributed by atoms with E-state index >= 15 is 0 Å². The molecule has 0 N–H and O–H groups in total. The van der Waals surface area contributed by atoms with E-state index in [2.05, 4.69) is 27.4 Å². The number of benzene rings is 1. The van der Waals surface area contributed by atoms with Crippen molar-refractivity contribution in [1.29, 1.82) is 0 Å². The summed E-state index contributed by atoms with van der Waals surface area (Å²) in [6.07, 6.45) is 0. The Labute approximate surface area is 133 Å². The lowest BCUT2D eigenvalue weighted by atomic mass is 10.2. The van der Waals surface area contributed by atoms with E-state index in [0.717, 1.165) is 14.4 Å². The lowest BCUT2D eigenvalue weighted by molar-refractivity contribution is 0.644. The molecule has 0 atom stereocenters. The highest BCUT2D eigenvalue weighted by molar-refractivity contribution is 8.02. The van der Waals surface area contributed by atoms with Crippen molar-refractivity contribution in [2.45, 2.75) is 21.5 Å². The average Bonchev–Trinajstić information content (AvgIpc) is 2.95. The van der Waals surface area contributed by atoms with Crippen molar-refractivity contribution < 1.29 is 0 Å². The molecule has 0 fully saturated rings. The van der Waals surface area contributed by atoms with Gasteiger partial charge in [-0.05, 0) is 17.9 Å². The number of rotatable bonds is 5. The van der Waals surface area contributed by atoms with E-state index in [1.807, 2.05) is 12.1 Å². The second-order valence-electron chi connectivity index (χ2n) is 3.95. The number of fused-ring (bicyclic) bond motifs is 1. The van der Waals surface area contributed by atoms with Crippen LogP contribution < -0.4 is 5.56 Å². The molecule has 0 amide bonds. The summed E-state index contributed by atoms with van der Waals surface area (Å²) < 4.78 is 3.12. The molecule has 1 aromatic carbocycles. The van der Waals surface area contributed by atoms with Crippen LogP contribution in [-0.2, 0) is 5.88 Å². The quantitative estimate of drug-likeness (QED) is 0.662. The first-order chi connectivity index (χ1) is 10.3. The Kier molecular flexibility index (Phi) is 4.51. The van der Waals surface area contributed by atoms with Crippen molar-refractivity contribution in [3.63, 3.8) is 0 Å². The minimum atomic E-state index is -0.138. The van der Waals surface area contributed by atoms with Gasteiger partial charge in [-0.15, -0.1) is 15.3 Å². The molecule has 9 heteroatoms. The number of thioether (sulfide) groups is 2. The summed E-state index contributed by atoms with van der Waals surface area (Å²) in [4.78, 5) is 12.3. The summed E-state index contributed by atoms with van der Waals surface area (Å²) in [6.45, 7) is 2.07. The van der Waals surface area contributed by atoms with Crippen LogP contribution >= 0.6 is 34.9 Å². The highest BCUT2D eigenvalue weighted by atomic mass is 32.2. The molecule has 2 aromatic heterocycles. The molecule has 3 rings (SSSR count). The first-order valence-electron chi connectivity index (χ1n) is 6.19. The van der Waals surface area contributed by atoms with Crippen LogP contribution in [0.2, 0.25) is 0 Å². The fourth-order valence-corrected chi connectivity index (χ4v) is 4.43. The molecule has 108 valence electrons. The number of nitrogens with zero attached hydrogens (tertiary/aromatic N) is 5. The van der Waals surface area contributed by atoms with Crippen molar-refractivity contribution in [3.05, 3.63) is 34.6 Å². The van der Waals surface area contributed by atoms with Crippen molar-refractivity contribution in [1.82, 2.24) is 25.2 Å². The smallest absolute Gasteiger partial charge is 0.267 e. The molecule has 0 radical (unpaired) electrons. The third-order valence-corrected chi connectivity index (χ3v) is 5.63. The van der Waals surface area contributed by atoms with Crippen LogP contribution in [0.1, 0.15) is 6.92 Å². The van der Waals surface area contributed by atoms with Gasteiger partial charge in [-0.25, -0.2) is 0 Å². The monoisotopic (exact) mass is 337 g/mol. The molecule has 0 bridgehead atoms. The Balaban J connectivity index is 1.78. The largest absolute Gasteiger partial charge is 0.278 e. The van der Waals surface area contributed by atoms with Gasteiger partial charge >= 0.3 is 0 Å². The van der Waals surface area contributed by atoms with E-state index in [4.69, 9.17) is 0 Å². The SMILES string of the molecule is CCSc1nnc(SCn2nnc3ccccc3c2=O)s1. The fraction of sp³-hybridized carbons (Fsp3) is 0.250. The lowest BCUT2D eigenvalue weighted by Gasteiger charge is -2.02. The van der Waals surface area contributed by atoms with Gasteiger partial charge in [0.2, 0.25) is 0 Å². The molecule has 0 aliphatic carbocycles. The third-order valence-electron chi connectivity index (χ3n) is 2.60. The van der Waals surface area contributed by atoms with Gasteiger partial charge in [0.15, 0.2) is 8.68 Å². The molecule has 0 unspecified atom stereocenters. The summed E-state index contributed by atoms with van der Waals surface area (Å²) >= 11 is 4.62. The van der Waals surface area contributed by atoms with Crippen LogP contribution in [0.5, 0.6) is 0 Å². The third kappa shape index (κ3) is 3.25. The maximum absolute atomic E-state index is 12.3. The van der Waals surface area contributed by atoms with Crippen LogP contribution in [0.25, 0.3) is 10.9 Å². The van der Waals surface area contributed by atoms with E-state index in [9.17, 15) is 4.79 Å². The van der Waals surface area contributed by atoms with Gasteiger partial charge < -0.3 is 0 Å². The van der Waals surface area contributed by atoms with Crippen LogP contribution in [0.3, 0.4) is 0 Å². The van der Waals surface area contributed by atoms with Gasteiger partial charge in [0.05, 0.1) is 11.3 Å². The fourth-order valence-electron chi connectivity index (χ4n) is 1.66. The predicted octanol–water partition coefficient (Wildman–Crippen LogP) is 2.50. The van der Waals surface area contributed by atoms with E-state index in [1.54, 1.807) is 23.9 Å². The molecule has 0 spiro atoms. The van der Waals surface area contributed by atoms with Crippen molar-refractivity contribution in [2.24, 2.45) is 0 Å². The highest BCUT2D eigenvalue weighted by Gasteiger charge is 2.08. The van der Waals surface area contributed by atoms with Crippen LogP contribution in [0.15, 0.2) is 37.7 Å². The van der Waals surface area contributed by atoms with Crippen molar-refractivity contribution >= 4 is 45.8 Å². The summed E-state index contributed by atoms with van der Waals surface area (Å²) in [6, 6.07) is 7.19. The molecule has 3 aromatic rings. The summed E-state index contributed by atoms with van der Waals surface area (Å²) in [5.74, 6) is 1.34. The number of hydrogen-bond donors (Lipinski definition) is 0. The maximum atomic E-state index is 12.3. The summed E-state index contributed by atoms with van der Waals surface area (Å²) in [5.41, 5.74) is 0.474. The molecule has 0 saturated heterocycles. The second kappa shape index (κ2) is 6.54. The zero-order chi connectivity index (χ0) is 14.7. The molecule has 0 aliphatic heterocycles. The minimum Gasteiger partial charge on any atom is -0.267 e. The summed E-state index contributed by atoms with van der Waals surface area (Å²) in [7, 11) is 0. The Bertz CT molecular complexity index is 816. The second-order valence-corrected chi connectivity index (χ2v) is 7.63. The Morgan fingerprint density at radius 1 is 1.14 bits per heavy atom. The zero-order valence-electron chi connectivity index (χ0n) is 11.1. The van der Waals surface area contributed by atoms with Gasteiger partial charge in [0, 0.05) is 0 Å². The first-order valence-corrected chi connectivity index (χ1v) is 8.98. The molecular weight excluding hydrogens is 326 g/mol. The predicted molar refractivity (Wildman–Crippen MR) is 86.0 cm³/mol. The minimum absolute atomic E-state index is 0.138. The van der Waals surface area contributed by atoms with Crippen molar-refractivity contribution in [2.75, 3.05) is 5.75 Å². The molecular formula is C12H11N5OS3.